The van der Waals surface area contributed by atoms with Gasteiger partial charge in [0, 0.05) is 23.7 Å². The summed E-state index contributed by atoms with van der Waals surface area (Å²) < 4.78 is 0. The molecule has 1 aliphatic rings. The number of aliphatic carboxylic acids is 1. The zero-order chi connectivity index (χ0) is 12.6. The largest absolute Gasteiger partial charge is 0.481 e. The molecule has 0 aromatic heterocycles. The van der Waals surface area contributed by atoms with Crippen molar-refractivity contribution in [3.8, 4) is 0 Å². The Morgan fingerprint density at radius 3 is 2.59 bits per heavy atom. The summed E-state index contributed by atoms with van der Waals surface area (Å²) in [5.41, 5.74) is 1.39. The third-order valence-electron chi connectivity index (χ3n) is 2.94. The van der Waals surface area contributed by atoms with Crippen molar-refractivity contribution in [2.45, 2.75) is 6.92 Å². The summed E-state index contributed by atoms with van der Waals surface area (Å²) in [6.45, 7) is 2.39. The Balaban J connectivity index is 2.09. The maximum Gasteiger partial charge on any atom is 0.310 e. The minimum Gasteiger partial charge on any atom is -0.481 e. The highest BCUT2D eigenvalue weighted by Gasteiger charge is 2.36. The Labute approximate surface area is 104 Å². The smallest absolute Gasteiger partial charge is 0.310 e. The van der Waals surface area contributed by atoms with Crippen LogP contribution in [0.25, 0.3) is 0 Å². The lowest BCUT2D eigenvalue weighted by atomic mass is 9.98. The SMILES string of the molecule is Cc1cc(Cl)ccc1C(=O)N1CC(C(=O)O)C1. The zero-order valence-corrected chi connectivity index (χ0v) is 10.1. The number of halogens is 1. The molecular weight excluding hydrogens is 242 g/mol. The molecule has 0 atom stereocenters. The van der Waals surface area contributed by atoms with Crippen LogP contribution in [0.3, 0.4) is 0 Å². The molecular formula is C12H12ClNO3. The van der Waals surface area contributed by atoms with Gasteiger partial charge in [-0.2, -0.15) is 0 Å². The average Bonchev–Trinajstić information content (AvgIpc) is 2.13. The third kappa shape index (κ3) is 2.26. The van der Waals surface area contributed by atoms with Crippen LogP contribution in [0.5, 0.6) is 0 Å². The molecule has 0 bridgehead atoms. The number of carboxylic acid groups (broad SMARTS) is 1. The minimum atomic E-state index is -0.845. The molecule has 1 N–H and O–H groups in total. The Bertz CT molecular complexity index is 481. The van der Waals surface area contributed by atoms with Crippen LogP contribution in [0.2, 0.25) is 5.02 Å². The van der Waals surface area contributed by atoms with E-state index in [9.17, 15) is 9.59 Å². The van der Waals surface area contributed by atoms with Crippen LogP contribution >= 0.6 is 11.6 Å². The molecule has 0 unspecified atom stereocenters. The van der Waals surface area contributed by atoms with Gasteiger partial charge in [-0.3, -0.25) is 9.59 Å². The van der Waals surface area contributed by atoms with Crippen LogP contribution in [0.1, 0.15) is 15.9 Å². The van der Waals surface area contributed by atoms with Gasteiger partial charge in [0.05, 0.1) is 5.92 Å². The fourth-order valence-corrected chi connectivity index (χ4v) is 2.06. The molecule has 0 radical (unpaired) electrons. The van der Waals surface area contributed by atoms with Gasteiger partial charge in [0.15, 0.2) is 0 Å². The highest BCUT2D eigenvalue weighted by molar-refractivity contribution is 6.30. The number of benzene rings is 1. The zero-order valence-electron chi connectivity index (χ0n) is 9.31. The van der Waals surface area contributed by atoms with E-state index in [0.717, 1.165) is 5.56 Å². The summed E-state index contributed by atoms with van der Waals surface area (Å²) in [4.78, 5) is 24.2. The fraction of sp³-hybridized carbons (Fsp3) is 0.333. The van der Waals surface area contributed by atoms with Crippen molar-refractivity contribution in [1.29, 1.82) is 0 Å². The number of rotatable bonds is 2. The summed E-state index contributed by atoms with van der Waals surface area (Å²) in [5.74, 6) is -1.40. The predicted molar refractivity (Wildman–Crippen MR) is 63.2 cm³/mol. The standard InChI is InChI=1S/C12H12ClNO3/c1-7-4-9(13)2-3-10(7)11(15)14-5-8(6-14)12(16)17/h2-4,8H,5-6H2,1H3,(H,16,17). The third-order valence-corrected chi connectivity index (χ3v) is 3.17. The summed E-state index contributed by atoms with van der Waals surface area (Å²) in [5, 5.41) is 9.33. The normalized spacial score (nSPS) is 15.5. The topological polar surface area (TPSA) is 57.6 Å². The number of carboxylic acids is 1. The highest BCUT2D eigenvalue weighted by atomic mass is 35.5. The summed E-state index contributed by atoms with van der Waals surface area (Å²) >= 11 is 5.81. The first kappa shape index (κ1) is 11.9. The molecule has 0 saturated carbocycles. The Morgan fingerprint density at radius 2 is 2.06 bits per heavy atom. The van der Waals surface area contributed by atoms with Crippen molar-refractivity contribution in [1.82, 2.24) is 4.90 Å². The quantitative estimate of drug-likeness (QED) is 0.875. The van der Waals surface area contributed by atoms with Crippen molar-refractivity contribution in [2.75, 3.05) is 13.1 Å². The van der Waals surface area contributed by atoms with Crippen molar-refractivity contribution < 1.29 is 14.7 Å². The maximum atomic E-state index is 12.0. The molecule has 1 saturated heterocycles. The van der Waals surface area contributed by atoms with E-state index in [0.29, 0.717) is 10.6 Å². The van der Waals surface area contributed by atoms with E-state index in [1.54, 1.807) is 18.2 Å². The number of likely N-dealkylation sites (tertiary alicyclic amines) is 1. The van der Waals surface area contributed by atoms with Crippen LogP contribution in [0.4, 0.5) is 0 Å². The van der Waals surface area contributed by atoms with E-state index in [1.807, 2.05) is 6.92 Å². The Kier molecular flexibility index (Phi) is 3.07. The molecule has 2 rings (SSSR count). The summed E-state index contributed by atoms with van der Waals surface area (Å²) in [7, 11) is 0. The second kappa shape index (κ2) is 4.37. The van der Waals surface area contributed by atoms with E-state index < -0.39 is 11.9 Å². The van der Waals surface area contributed by atoms with E-state index in [4.69, 9.17) is 16.7 Å². The lowest BCUT2D eigenvalue weighted by Crippen LogP contribution is -2.53. The number of aryl methyl sites for hydroxylation is 1. The molecule has 1 heterocycles. The first-order valence-electron chi connectivity index (χ1n) is 5.27. The summed E-state index contributed by atoms with van der Waals surface area (Å²) in [6.07, 6.45) is 0. The molecule has 1 aromatic carbocycles. The van der Waals surface area contributed by atoms with Crippen LogP contribution < -0.4 is 0 Å². The predicted octanol–water partition coefficient (Wildman–Crippen LogP) is 1.81. The summed E-state index contributed by atoms with van der Waals surface area (Å²) in [6, 6.07) is 5.06. The monoisotopic (exact) mass is 253 g/mol. The van der Waals surface area contributed by atoms with Gasteiger partial charge in [0.25, 0.3) is 5.91 Å². The van der Waals surface area contributed by atoms with E-state index in [1.165, 1.54) is 4.90 Å². The number of hydrogen-bond donors (Lipinski definition) is 1. The van der Waals surface area contributed by atoms with Crippen LogP contribution in [-0.2, 0) is 4.79 Å². The molecule has 4 nitrogen and oxygen atoms in total. The second-order valence-electron chi connectivity index (χ2n) is 4.20. The molecule has 1 amide bonds. The van der Waals surface area contributed by atoms with Gasteiger partial charge in [-0.1, -0.05) is 11.6 Å². The molecule has 0 spiro atoms. The van der Waals surface area contributed by atoms with Crippen molar-refractivity contribution in [3.63, 3.8) is 0 Å². The number of hydrogen-bond acceptors (Lipinski definition) is 2. The van der Waals surface area contributed by atoms with Gasteiger partial charge < -0.3 is 10.0 Å². The first-order valence-corrected chi connectivity index (χ1v) is 5.65. The highest BCUT2D eigenvalue weighted by Crippen LogP contribution is 2.22. The lowest BCUT2D eigenvalue weighted by Gasteiger charge is -2.36. The van der Waals surface area contributed by atoms with Gasteiger partial charge in [-0.25, -0.2) is 0 Å². The molecule has 17 heavy (non-hydrogen) atoms. The Hall–Kier alpha value is -1.55. The van der Waals surface area contributed by atoms with Gasteiger partial charge in [0.2, 0.25) is 0 Å². The molecule has 5 heteroatoms. The van der Waals surface area contributed by atoms with Gasteiger partial charge >= 0.3 is 5.97 Å². The molecule has 1 aromatic rings. The molecule has 1 aliphatic heterocycles. The minimum absolute atomic E-state index is 0.128. The lowest BCUT2D eigenvalue weighted by molar-refractivity contribution is -0.146. The van der Waals surface area contributed by atoms with Crippen LogP contribution in [0, 0.1) is 12.8 Å². The first-order chi connectivity index (χ1) is 7.99. The van der Waals surface area contributed by atoms with E-state index >= 15 is 0 Å². The number of carbonyl (C=O) groups is 2. The Morgan fingerprint density at radius 1 is 1.41 bits per heavy atom. The van der Waals surface area contributed by atoms with Crippen LogP contribution in [0.15, 0.2) is 18.2 Å². The van der Waals surface area contributed by atoms with Crippen molar-refractivity contribution in [3.05, 3.63) is 34.3 Å². The van der Waals surface area contributed by atoms with Gasteiger partial charge in [-0.05, 0) is 30.7 Å². The van der Waals surface area contributed by atoms with Crippen LogP contribution in [-0.4, -0.2) is 35.0 Å². The molecule has 90 valence electrons. The van der Waals surface area contributed by atoms with Crippen molar-refractivity contribution >= 4 is 23.5 Å². The van der Waals surface area contributed by atoms with E-state index in [2.05, 4.69) is 0 Å². The number of carbonyl (C=O) groups excluding carboxylic acids is 1. The number of nitrogens with zero attached hydrogens (tertiary/aromatic N) is 1. The molecule has 1 fully saturated rings. The van der Waals surface area contributed by atoms with Gasteiger partial charge in [0.1, 0.15) is 0 Å². The van der Waals surface area contributed by atoms with Crippen molar-refractivity contribution in [2.24, 2.45) is 5.92 Å². The second-order valence-corrected chi connectivity index (χ2v) is 4.64. The maximum absolute atomic E-state index is 12.0. The fourth-order valence-electron chi connectivity index (χ4n) is 1.84. The number of amides is 1. The van der Waals surface area contributed by atoms with E-state index in [-0.39, 0.29) is 19.0 Å². The molecule has 0 aliphatic carbocycles. The average molecular weight is 254 g/mol. The van der Waals surface area contributed by atoms with Gasteiger partial charge in [-0.15, -0.1) is 0 Å².